The van der Waals surface area contributed by atoms with Gasteiger partial charge in [-0.15, -0.1) is 4.68 Å². The van der Waals surface area contributed by atoms with Crippen LogP contribution in [-0.2, 0) is 24.2 Å². The largest absolute Gasteiger partial charge is 0.744 e. The smallest absolute Gasteiger partial charge is 0.341 e. The average molecular weight is 504 g/mol. The number of hydrogen-bond acceptors (Lipinski definition) is 7. The molecule has 1 aromatic heterocycles. The molecule has 3 aliphatic rings. The Morgan fingerprint density at radius 2 is 1.62 bits per heavy atom. The second-order valence-electron chi connectivity index (χ2n) is 9.00. The molecule has 0 amide bonds. The highest BCUT2D eigenvalue weighted by Crippen LogP contribution is 2.57. The fourth-order valence-electron chi connectivity index (χ4n) is 4.77. The minimum absolute atomic E-state index is 0.178. The summed E-state index contributed by atoms with van der Waals surface area (Å²) in [6.45, 7) is 3.82. The van der Waals surface area contributed by atoms with Gasteiger partial charge in [-0.1, -0.05) is 17.7 Å². The number of aromatic hydroxyl groups is 2. The predicted octanol–water partition coefficient (Wildman–Crippen LogP) is 3.77. The van der Waals surface area contributed by atoms with Crippen molar-refractivity contribution >= 4 is 21.9 Å². The minimum Gasteiger partial charge on any atom is -0.744 e. The van der Waals surface area contributed by atoms with Crippen molar-refractivity contribution in [2.24, 2.45) is 14.1 Å². The fraction of sp³-hybridized carbons (Fsp3) is 0.417. The number of aryl methyl sites for hydroxylation is 2. The van der Waals surface area contributed by atoms with Crippen LogP contribution in [0.4, 0.5) is 0 Å². The van der Waals surface area contributed by atoms with Crippen LogP contribution in [0.1, 0.15) is 60.0 Å². The van der Waals surface area contributed by atoms with E-state index < -0.39 is 10.1 Å². The topological polar surface area (TPSA) is 119 Å². The van der Waals surface area contributed by atoms with E-state index in [0.717, 1.165) is 53.4 Å². The molecule has 2 aromatic carbocycles. The molecule has 0 spiro atoms. The van der Waals surface area contributed by atoms with E-state index in [0.29, 0.717) is 28.2 Å². The summed E-state index contributed by atoms with van der Waals surface area (Å²) in [6, 6.07) is 7.49. The molecular weight excluding hydrogens is 474 g/mol. The van der Waals surface area contributed by atoms with E-state index in [1.807, 2.05) is 37.2 Å². The third-order valence-electron chi connectivity index (χ3n) is 6.85. The normalized spacial score (nSPS) is 18.9. The molecule has 8 nitrogen and oxygen atoms in total. The third-order valence-corrected chi connectivity index (χ3v) is 8.77. The summed E-state index contributed by atoms with van der Waals surface area (Å²) in [4.78, 5) is 0.519. The minimum atomic E-state index is -4.27. The van der Waals surface area contributed by atoms with Crippen LogP contribution >= 0.6 is 11.8 Å². The lowest BCUT2D eigenvalue weighted by Gasteiger charge is -2.39. The van der Waals surface area contributed by atoms with E-state index in [1.54, 1.807) is 18.2 Å². The summed E-state index contributed by atoms with van der Waals surface area (Å²) < 4.78 is 35.0. The van der Waals surface area contributed by atoms with Crippen LogP contribution in [0.5, 0.6) is 11.5 Å². The molecule has 1 saturated carbocycles. The number of phenolic OH excluding ortho intramolecular Hbond substituents is 2. The number of hydrogen-bond donors (Lipinski definition) is 2. The van der Waals surface area contributed by atoms with Gasteiger partial charge in [0.05, 0.1) is 29.0 Å². The maximum absolute atomic E-state index is 10.8. The molecule has 2 bridgehead atoms. The summed E-state index contributed by atoms with van der Waals surface area (Å²) in [5.41, 5.74) is 2.92. The fourth-order valence-corrected chi connectivity index (χ4v) is 6.25. The molecule has 6 rings (SSSR count). The standard InChI is InChI=1S/C17H21N3O2S.C7H8O3S/c1-9-19(2)17(18-20(9)3)23-13-8-12(21)14-10-4-6-11(7-5-10)15(14)16(13)22;1-6-2-4-7(5-3-6)11(8,9)10/h8,10-11H,4-7H2,1-3H3,(H-,21,22);2-5H,1H3,(H,8,9,10). The monoisotopic (exact) mass is 503 g/mol. The van der Waals surface area contributed by atoms with Crippen LogP contribution < -0.4 is 4.57 Å². The van der Waals surface area contributed by atoms with E-state index in [9.17, 15) is 23.2 Å². The van der Waals surface area contributed by atoms with Crippen LogP contribution in [0.15, 0.2) is 45.3 Å². The zero-order valence-electron chi connectivity index (χ0n) is 19.6. The SMILES string of the molecule is Cc1ccc(S(=O)(=O)[O-])cc1.Cc1n(C)nc(Sc2cc(O)c3c(c2O)C2CCC3CC2)[n+]1C. The number of nitrogens with zero attached hydrogens (tertiary/aromatic N) is 3. The van der Waals surface area contributed by atoms with Crippen molar-refractivity contribution < 1.29 is 27.8 Å². The van der Waals surface area contributed by atoms with E-state index in [4.69, 9.17) is 0 Å². The molecule has 0 aliphatic heterocycles. The first-order valence-electron chi connectivity index (χ1n) is 11.2. The first-order valence-corrected chi connectivity index (χ1v) is 13.4. The van der Waals surface area contributed by atoms with Crippen molar-refractivity contribution in [3.8, 4) is 11.5 Å². The highest BCUT2D eigenvalue weighted by Gasteiger charge is 2.38. The molecule has 1 fully saturated rings. The van der Waals surface area contributed by atoms with Gasteiger partial charge in [0.2, 0.25) is 5.82 Å². The zero-order valence-corrected chi connectivity index (χ0v) is 21.3. The summed E-state index contributed by atoms with van der Waals surface area (Å²) in [5, 5.41) is 26.7. The Kier molecular flexibility index (Phi) is 6.67. The van der Waals surface area contributed by atoms with Gasteiger partial charge >= 0.3 is 5.16 Å². The van der Waals surface area contributed by atoms with Crippen LogP contribution in [0.25, 0.3) is 0 Å². The molecule has 0 saturated heterocycles. The van der Waals surface area contributed by atoms with E-state index in [2.05, 4.69) is 5.10 Å². The van der Waals surface area contributed by atoms with Gasteiger partial charge in [0.15, 0.2) is 0 Å². The number of phenols is 2. The van der Waals surface area contributed by atoms with Crippen molar-refractivity contribution in [3.05, 3.63) is 52.8 Å². The Balaban J connectivity index is 0.000000210. The molecule has 0 unspecified atom stereocenters. The Labute approximate surface area is 204 Å². The van der Waals surface area contributed by atoms with E-state index in [-0.39, 0.29) is 4.90 Å². The quantitative estimate of drug-likeness (QED) is 0.317. The number of rotatable bonds is 3. The van der Waals surface area contributed by atoms with E-state index >= 15 is 0 Å². The summed E-state index contributed by atoms with van der Waals surface area (Å²) in [5.74, 6) is 2.52. The predicted molar refractivity (Wildman–Crippen MR) is 126 cm³/mol. The van der Waals surface area contributed by atoms with Crippen molar-refractivity contribution in [2.45, 2.75) is 66.3 Å². The Morgan fingerprint density at radius 1 is 1.06 bits per heavy atom. The zero-order chi connectivity index (χ0) is 24.8. The second kappa shape index (κ2) is 9.24. The summed E-state index contributed by atoms with van der Waals surface area (Å²) >= 11 is 1.41. The van der Waals surface area contributed by atoms with Gasteiger partial charge in [-0.3, -0.25) is 0 Å². The van der Waals surface area contributed by atoms with Gasteiger partial charge < -0.3 is 14.8 Å². The third kappa shape index (κ3) is 4.67. The Hall–Kier alpha value is -2.56. The lowest BCUT2D eigenvalue weighted by Crippen LogP contribution is -2.32. The van der Waals surface area contributed by atoms with Gasteiger partial charge in [-0.25, -0.2) is 13.0 Å². The number of aromatic nitrogens is 3. The highest BCUT2D eigenvalue weighted by atomic mass is 32.2. The van der Waals surface area contributed by atoms with Crippen LogP contribution in [0.3, 0.4) is 0 Å². The lowest BCUT2D eigenvalue weighted by atomic mass is 9.66. The van der Waals surface area contributed by atoms with Gasteiger partial charge in [0.25, 0.3) is 0 Å². The molecule has 34 heavy (non-hydrogen) atoms. The van der Waals surface area contributed by atoms with E-state index in [1.165, 1.54) is 23.9 Å². The molecule has 182 valence electrons. The van der Waals surface area contributed by atoms with Crippen LogP contribution in [0, 0.1) is 13.8 Å². The maximum atomic E-state index is 10.8. The Bertz CT molecular complexity index is 1330. The summed E-state index contributed by atoms with van der Waals surface area (Å²) in [6.07, 6.45) is 4.50. The van der Waals surface area contributed by atoms with Crippen LogP contribution in [0.2, 0.25) is 0 Å². The maximum Gasteiger partial charge on any atom is 0.341 e. The molecule has 3 aliphatic carbocycles. The Morgan fingerprint density at radius 3 is 2.12 bits per heavy atom. The van der Waals surface area contributed by atoms with Crippen molar-refractivity contribution in [1.29, 1.82) is 0 Å². The molecule has 3 aromatic rings. The second-order valence-corrected chi connectivity index (χ2v) is 11.4. The number of fused-ring (bicyclic) bond motifs is 2. The number of benzene rings is 2. The molecule has 0 atom stereocenters. The summed E-state index contributed by atoms with van der Waals surface area (Å²) in [7, 11) is -0.404. The van der Waals surface area contributed by atoms with Gasteiger partial charge in [0, 0.05) is 18.1 Å². The van der Waals surface area contributed by atoms with Gasteiger partial charge in [0.1, 0.15) is 21.6 Å². The molecule has 0 radical (unpaired) electrons. The first kappa shape index (κ1) is 24.6. The van der Waals surface area contributed by atoms with Gasteiger partial charge in [-0.2, -0.15) is 0 Å². The molecular formula is C24H29N3O5S2. The first-order chi connectivity index (χ1) is 16.0. The molecule has 2 N–H and O–H groups in total. The van der Waals surface area contributed by atoms with Crippen LogP contribution in [-0.4, -0.2) is 33.0 Å². The van der Waals surface area contributed by atoms with Gasteiger partial charge in [-0.05, 0) is 74.4 Å². The van der Waals surface area contributed by atoms with Crippen molar-refractivity contribution in [3.63, 3.8) is 0 Å². The molecule has 1 heterocycles. The van der Waals surface area contributed by atoms with Crippen molar-refractivity contribution in [2.75, 3.05) is 0 Å². The van der Waals surface area contributed by atoms with Crippen molar-refractivity contribution in [1.82, 2.24) is 9.78 Å². The highest BCUT2D eigenvalue weighted by molar-refractivity contribution is 7.99. The molecule has 10 heteroatoms. The average Bonchev–Trinajstić information content (AvgIpc) is 3.04. The lowest BCUT2D eigenvalue weighted by molar-refractivity contribution is -0.715.